The van der Waals surface area contributed by atoms with Crippen LogP contribution in [0.1, 0.15) is 5.56 Å². The van der Waals surface area contributed by atoms with Crippen LogP contribution in [0.3, 0.4) is 0 Å². The number of aromatic nitrogens is 1. The van der Waals surface area contributed by atoms with E-state index >= 15 is 0 Å². The van der Waals surface area contributed by atoms with Gasteiger partial charge in [-0.05, 0) is 17.7 Å². The number of nitrogens with one attached hydrogen (secondary N) is 2. The Labute approximate surface area is 181 Å². The molecule has 32 heavy (non-hydrogen) atoms. The van der Waals surface area contributed by atoms with Crippen molar-refractivity contribution in [3.05, 3.63) is 111 Å². The molecule has 0 spiro atoms. The molecule has 6 rings (SSSR count). The third-order valence-electron chi connectivity index (χ3n) is 5.85. The first-order valence-electron chi connectivity index (χ1n) is 10.4. The summed E-state index contributed by atoms with van der Waals surface area (Å²) in [6.07, 6.45) is 0. The van der Waals surface area contributed by atoms with Crippen LogP contribution in [0.25, 0.3) is 43.7 Å². The number of anilines is 1. The summed E-state index contributed by atoms with van der Waals surface area (Å²) in [5.74, 6) is 0. The molecule has 0 aliphatic carbocycles. The van der Waals surface area contributed by atoms with E-state index in [0.717, 1.165) is 11.1 Å². The van der Waals surface area contributed by atoms with Gasteiger partial charge >= 0.3 is 0 Å². The predicted octanol–water partition coefficient (Wildman–Crippen LogP) is 5.55. The van der Waals surface area contributed by atoms with E-state index in [1.165, 1.54) is 0 Å². The van der Waals surface area contributed by atoms with Gasteiger partial charge in [0.05, 0.1) is 27.5 Å². The summed E-state index contributed by atoms with van der Waals surface area (Å²) in [5, 5.41) is 4.91. The van der Waals surface area contributed by atoms with Crippen molar-refractivity contribution < 1.29 is 4.42 Å². The highest BCUT2D eigenvalue weighted by Gasteiger charge is 2.19. The normalized spacial score (nSPS) is 11.5. The molecule has 0 aliphatic heterocycles. The van der Waals surface area contributed by atoms with Crippen LogP contribution in [0, 0.1) is 0 Å². The highest BCUT2D eigenvalue weighted by molar-refractivity contribution is 6.14. The predicted molar refractivity (Wildman–Crippen MR) is 129 cm³/mol. The molecule has 154 valence electrons. The minimum Gasteiger partial charge on any atom is -0.453 e. The summed E-state index contributed by atoms with van der Waals surface area (Å²) in [5.41, 5.74) is 3.75. The molecule has 0 saturated carbocycles. The molecule has 1 aromatic heterocycles. The van der Waals surface area contributed by atoms with Gasteiger partial charge in [-0.2, -0.15) is 0 Å². The average Bonchev–Trinajstić information content (AvgIpc) is 2.84. The van der Waals surface area contributed by atoms with Gasteiger partial charge < -0.3 is 14.7 Å². The molecular formula is C27H18N2O3. The minimum absolute atomic E-state index is 0.172. The van der Waals surface area contributed by atoms with Crippen LogP contribution in [0.2, 0.25) is 0 Å². The second-order valence-corrected chi connectivity index (χ2v) is 7.81. The first kappa shape index (κ1) is 18.4. The molecule has 5 aromatic carbocycles. The Morgan fingerprint density at radius 3 is 2.16 bits per heavy atom. The van der Waals surface area contributed by atoms with Crippen LogP contribution in [-0.2, 0) is 6.54 Å². The van der Waals surface area contributed by atoms with Crippen molar-refractivity contribution in [2.75, 3.05) is 5.32 Å². The maximum atomic E-state index is 13.6. The molecule has 0 fully saturated rings. The van der Waals surface area contributed by atoms with Gasteiger partial charge in [0.2, 0.25) is 0 Å². The third-order valence-corrected chi connectivity index (χ3v) is 5.85. The number of rotatable bonds is 3. The fourth-order valence-electron chi connectivity index (χ4n) is 4.32. The van der Waals surface area contributed by atoms with Crippen LogP contribution in [0.15, 0.2) is 98.9 Å². The first-order chi connectivity index (χ1) is 15.7. The summed E-state index contributed by atoms with van der Waals surface area (Å²) >= 11 is 0. The van der Waals surface area contributed by atoms with Gasteiger partial charge in [0.1, 0.15) is 0 Å². The average molecular weight is 418 g/mol. The van der Waals surface area contributed by atoms with Crippen molar-refractivity contribution in [1.29, 1.82) is 0 Å². The summed E-state index contributed by atoms with van der Waals surface area (Å²) in [6.45, 7) is 0.513. The molecule has 0 saturated heterocycles. The SMILES string of the molecule is O=c1c2ccccc2c(=O)c2c1c(NCc1ccccc1)cc1oc3ccccc3[nH]c12. The lowest BCUT2D eigenvalue weighted by Gasteiger charge is -2.13. The Hall–Kier alpha value is -4.38. The number of H-pyrrole nitrogens is 1. The van der Waals surface area contributed by atoms with E-state index in [4.69, 9.17) is 4.42 Å². The smallest absolute Gasteiger partial charge is 0.196 e. The molecule has 0 amide bonds. The number of fused-ring (bicyclic) bond motifs is 5. The van der Waals surface area contributed by atoms with Crippen molar-refractivity contribution >= 4 is 49.4 Å². The van der Waals surface area contributed by atoms with Gasteiger partial charge in [-0.1, -0.05) is 66.7 Å². The number of benzene rings is 5. The number of hydrogen-bond donors (Lipinski definition) is 2. The number of aromatic amines is 1. The van der Waals surface area contributed by atoms with Crippen LogP contribution < -0.4 is 16.2 Å². The van der Waals surface area contributed by atoms with Crippen LogP contribution in [0.4, 0.5) is 5.69 Å². The van der Waals surface area contributed by atoms with Crippen LogP contribution in [-0.4, -0.2) is 4.98 Å². The highest BCUT2D eigenvalue weighted by Crippen LogP contribution is 2.31. The lowest BCUT2D eigenvalue weighted by atomic mass is 9.99. The van der Waals surface area contributed by atoms with E-state index < -0.39 is 0 Å². The molecule has 5 nitrogen and oxygen atoms in total. The van der Waals surface area contributed by atoms with Crippen molar-refractivity contribution in [1.82, 2.24) is 4.98 Å². The molecule has 6 aromatic rings. The highest BCUT2D eigenvalue weighted by atomic mass is 16.3. The second kappa shape index (κ2) is 7.10. The molecule has 0 unspecified atom stereocenters. The van der Waals surface area contributed by atoms with Gasteiger partial charge in [-0.3, -0.25) is 9.59 Å². The van der Waals surface area contributed by atoms with Crippen molar-refractivity contribution in [3.63, 3.8) is 0 Å². The van der Waals surface area contributed by atoms with Gasteiger partial charge in [0, 0.05) is 23.4 Å². The van der Waals surface area contributed by atoms with E-state index in [1.54, 1.807) is 30.3 Å². The Balaban J connectivity index is 1.74. The molecular weight excluding hydrogens is 400 g/mol. The van der Waals surface area contributed by atoms with E-state index in [9.17, 15) is 9.59 Å². The zero-order chi connectivity index (χ0) is 21.7. The maximum absolute atomic E-state index is 13.6. The Morgan fingerprint density at radius 2 is 1.38 bits per heavy atom. The van der Waals surface area contributed by atoms with E-state index in [2.05, 4.69) is 10.3 Å². The lowest BCUT2D eigenvalue weighted by molar-refractivity contribution is 0.657. The number of para-hydroxylation sites is 2. The first-order valence-corrected chi connectivity index (χ1v) is 10.4. The topological polar surface area (TPSA) is 75.1 Å². The molecule has 0 atom stereocenters. The fourth-order valence-corrected chi connectivity index (χ4v) is 4.32. The third kappa shape index (κ3) is 2.79. The maximum Gasteiger partial charge on any atom is 0.196 e. The zero-order valence-corrected chi connectivity index (χ0v) is 17.0. The number of hydrogen-bond acceptors (Lipinski definition) is 4. The lowest BCUT2D eigenvalue weighted by Crippen LogP contribution is -2.16. The summed E-state index contributed by atoms with van der Waals surface area (Å²) in [7, 11) is 0. The van der Waals surface area contributed by atoms with E-state index in [1.807, 2.05) is 54.6 Å². The molecule has 0 bridgehead atoms. The molecule has 5 heteroatoms. The van der Waals surface area contributed by atoms with Crippen LogP contribution >= 0.6 is 0 Å². The molecule has 0 aliphatic rings. The fraction of sp³-hybridized carbons (Fsp3) is 0.0370. The van der Waals surface area contributed by atoms with E-state index in [-0.39, 0.29) is 10.9 Å². The molecule has 1 heterocycles. The Morgan fingerprint density at radius 1 is 0.719 bits per heavy atom. The molecule has 2 N–H and O–H groups in total. The van der Waals surface area contributed by atoms with Gasteiger partial charge in [-0.15, -0.1) is 0 Å². The largest absolute Gasteiger partial charge is 0.453 e. The quantitative estimate of drug-likeness (QED) is 0.292. The summed E-state index contributed by atoms with van der Waals surface area (Å²) in [6, 6.07) is 26.2. The zero-order valence-electron chi connectivity index (χ0n) is 17.0. The van der Waals surface area contributed by atoms with Crippen LogP contribution in [0.5, 0.6) is 0 Å². The second-order valence-electron chi connectivity index (χ2n) is 7.81. The van der Waals surface area contributed by atoms with Gasteiger partial charge in [0.15, 0.2) is 22.0 Å². The minimum atomic E-state index is -0.190. The summed E-state index contributed by atoms with van der Waals surface area (Å²) in [4.78, 5) is 30.5. The summed E-state index contributed by atoms with van der Waals surface area (Å²) < 4.78 is 6.14. The standard InChI is InChI=1S/C27H18N2O3/c30-26-17-10-4-5-11-18(17)27(31)24-23(26)20(28-15-16-8-2-1-3-9-16)14-22-25(24)29-19-12-6-7-13-21(19)32-22/h1-14,28-29H,15H2. The van der Waals surface area contributed by atoms with Crippen molar-refractivity contribution in [2.45, 2.75) is 6.54 Å². The van der Waals surface area contributed by atoms with E-state index in [0.29, 0.717) is 50.5 Å². The van der Waals surface area contributed by atoms with Gasteiger partial charge in [-0.25, -0.2) is 0 Å². The van der Waals surface area contributed by atoms with Crippen molar-refractivity contribution in [3.8, 4) is 0 Å². The Kier molecular flexibility index (Phi) is 4.08. The monoisotopic (exact) mass is 418 g/mol. The Bertz CT molecular complexity index is 1770. The van der Waals surface area contributed by atoms with Gasteiger partial charge in [0.25, 0.3) is 0 Å². The molecule has 0 radical (unpaired) electrons. The van der Waals surface area contributed by atoms with Crippen molar-refractivity contribution in [2.24, 2.45) is 0 Å².